The number of ether oxygens (including phenoxy) is 1. The molecular formula is C20H22FN5O2. The molecule has 2 amide bonds. The van der Waals surface area contributed by atoms with Crippen molar-refractivity contribution < 1.29 is 13.9 Å². The molecule has 0 spiro atoms. The fourth-order valence-electron chi connectivity index (χ4n) is 3.27. The predicted octanol–water partition coefficient (Wildman–Crippen LogP) is 2.87. The number of hydrogen-bond donors (Lipinski definition) is 1. The van der Waals surface area contributed by atoms with Gasteiger partial charge in [-0.2, -0.15) is 0 Å². The van der Waals surface area contributed by atoms with Crippen molar-refractivity contribution in [2.75, 3.05) is 19.7 Å². The van der Waals surface area contributed by atoms with E-state index in [1.807, 2.05) is 17.0 Å². The zero-order chi connectivity index (χ0) is 19.3. The van der Waals surface area contributed by atoms with E-state index in [1.54, 1.807) is 29.0 Å². The number of halogens is 1. The van der Waals surface area contributed by atoms with Gasteiger partial charge in [0.05, 0.1) is 6.61 Å². The Labute approximate surface area is 162 Å². The number of imidazole rings is 1. The largest absolute Gasteiger partial charge is 0.476 e. The van der Waals surface area contributed by atoms with Gasteiger partial charge in [-0.15, -0.1) is 5.10 Å². The molecular weight excluding hydrogens is 361 g/mol. The van der Waals surface area contributed by atoms with Crippen LogP contribution in [0.15, 0.2) is 48.8 Å². The highest BCUT2D eigenvalue weighted by Crippen LogP contribution is 2.19. The molecule has 0 aliphatic carbocycles. The van der Waals surface area contributed by atoms with Crippen LogP contribution in [-0.4, -0.2) is 45.2 Å². The molecule has 1 aliphatic rings. The summed E-state index contributed by atoms with van der Waals surface area (Å²) in [6, 6.07) is 9.74. The summed E-state index contributed by atoms with van der Waals surface area (Å²) in [5.41, 5.74) is 1.66. The van der Waals surface area contributed by atoms with Crippen molar-refractivity contribution in [3.63, 3.8) is 0 Å². The fourth-order valence-corrected chi connectivity index (χ4v) is 3.27. The van der Waals surface area contributed by atoms with E-state index >= 15 is 0 Å². The number of fused-ring (bicyclic) bond motifs is 1. The van der Waals surface area contributed by atoms with Gasteiger partial charge in [0.25, 0.3) is 0 Å². The third-order valence-electron chi connectivity index (χ3n) is 4.96. The molecule has 0 radical (unpaired) electrons. The Kier molecular flexibility index (Phi) is 5.36. The summed E-state index contributed by atoms with van der Waals surface area (Å²) in [6.45, 7) is 2.36. The lowest BCUT2D eigenvalue weighted by Crippen LogP contribution is -2.44. The lowest BCUT2D eigenvalue weighted by atomic mass is 9.98. The van der Waals surface area contributed by atoms with Gasteiger partial charge in [-0.1, -0.05) is 12.1 Å². The average Bonchev–Trinajstić information content (AvgIpc) is 3.20. The molecule has 3 aromatic rings. The summed E-state index contributed by atoms with van der Waals surface area (Å²) in [5, 5.41) is 7.25. The Morgan fingerprint density at radius 3 is 2.75 bits per heavy atom. The topological polar surface area (TPSA) is 71.8 Å². The number of amides is 2. The van der Waals surface area contributed by atoms with E-state index in [1.165, 1.54) is 12.1 Å². The molecule has 28 heavy (non-hydrogen) atoms. The number of likely N-dealkylation sites (tertiary alicyclic amines) is 1. The molecule has 0 saturated carbocycles. The molecule has 4 rings (SSSR count). The van der Waals surface area contributed by atoms with Crippen molar-refractivity contribution in [1.29, 1.82) is 0 Å². The van der Waals surface area contributed by atoms with E-state index < -0.39 is 0 Å². The SMILES string of the molecule is O=C(NCc1ccc(F)cc1)N1CCC(COc2ccc3nccn3n2)CC1. The molecule has 1 saturated heterocycles. The van der Waals surface area contributed by atoms with Crippen molar-refractivity contribution in [2.24, 2.45) is 5.92 Å². The molecule has 1 N–H and O–H groups in total. The smallest absolute Gasteiger partial charge is 0.317 e. The number of nitrogens with zero attached hydrogens (tertiary/aromatic N) is 4. The molecule has 0 unspecified atom stereocenters. The molecule has 146 valence electrons. The molecule has 0 bridgehead atoms. The molecule has 0 atom stereocenters. The second-order valence-electron chi connectivity index (χ2n) is 6.93. The standard InChI is InChI=1S/C20H22FN5O2/c21-17-3-1-15(2-4-17)13-23-20(27)25-10-7-16(8-11-25)14-28-19-6-5-18-22-9-12-26(18)24-19/h1-6,9,12,16H,7-8,10-11,13-14H2,(H,23,27). The molecule has 2 aromatic heterocycles. The van der Waals surface area contributed by atoms with Crippen LogP contribution in [0.2, 0.25) is 0 Å². The number of urea groups is 1. The first kappa shape index (κ1) is 18.2. The van der Waals surface area contributed by atoms with Crippen LogP contribution in [0.25, 0.3) is 5.65 Å². The van der Waals surface area contributed by atoms with Crippen LogP contribution in [0.3, 0.4) is 0 Å². The fraction of sp³-hybridized carbons (Fsp3) is 0.350. The minimum atomic E-state index is -0.278. The number of nitrogens with one attached hydrogen (secondary N) is 1. The van der Waals surface area contributed by atoms with E-state index in [4.69, 9.17) is 4.74 Å². The predicted molar refractivity (Wildman–Crippen MR) is 101 cm³/mol. The Balaban J connectivity index is 1.20. The quantitative estimate of drug-likeness (QED) is 0.735. The Bertz CT molecular complexity index is 935. The van der Waals surface area contributed by atoms with Crippen molar-refractivity contribution in [3.8, 4) is 5.88 Å². The summed E-state index contributed by atoms with van der Waals surface area (Å²) in [7, 11) is 0. The minimum absolute atomic E-state index is 0.0871. The van der Waals surface area contributed by atoms with Gasteiger partial charge in [0.2, 0.25) is 5.88 Å². The molecule has 7 nitrogen and oxygen atoms in total. The van der Waals surface area contributed by atoms with E-state index in [0.717, 1.165) is 24.1 Å². The summed E-state index contributed by atoms with van der Waals surface area (Å²) < 4.78 is 20.4. The monoisotopic (exact) mass is 383 g/mol. The van der Waals surface area contributed by atoms with Gasteiger partial charge >= 0.3 is 6.03 Å². The van der Waals surface area contributed by atoms with Crippen LogP contribution in [0.4, 0.5) is 9.18 Å². The van der Waals surface area contributed by atoms with Gasteiger partial charge in [0.15, 0.2) is 5.65 Å². The number of aromatic nitrogens is 3. The lowest BCUT2D eigenvalue weighted by Gasteiger charge is -2.31. The van der Waals surface area contributed by atoms with Crippen molar-refractivity contribution in [3.05, 3.63) is 60.2 Å². The highest BCUT2D eigenvalue weighted by atomic mass is 19.1. The maximum atomic E-state index is 12.9. The van der Waals surface area contributed by atoms with E-state index in [9.17, 15) is 9.18 Å². The van der Waals surface area contributed by atoms with Gasteiger partial charge in [0, 0.05) is 38.1 Å². The number of benzene rings is 1. The minimum Gasteiger partial charge on any atom is -0.476 e. The number of carbonyl (C=O) groups is 1. The summed E-state index contributed by atoms with van der Waals surface area (Å²) in [6.07, 6.45) is 5.25. The first-order valence-corrected chi connectivity index (χ1v) is 9.38. The lowest BCUT2D eigenvalue weighted by molar-refractivity contribution is 0.142. The Morgan fingerprint density at radius 1 is 1.18 bits per heavy atom. The molecule has 1 fully saturated rings. The van der Waals surface area contributed by atoms with Gasteiger partial charge in [-0.05, 0) is 42.5 Å². The van der Waals surface area contributed by atoms with Crippen molar-refractivity contribution >= 4 is 11.7 Å². The van der Waals surface area contributed by atoms with E-state index in [-0.39, 0.29) is 11.8 Å². The number of piperidine rings is 1. The molecule has 8 heteroatoms. The molecule has 3 heterocycles. The summed E-state index contributed by atoms with van der Waals surface area (Å²) >= 11 is 0. The maximum Gasteiger partial charge on any atom is 0.317 e. The highest BCUT2D eigenvalue weighted by Gasteiger charge is 2.23. The van der Waals surface area contributed by atoms with Gasteiger partial charge in [-0.3, -0.25) is 0 Å². The van der Waals surface area contributed by atoms with Gasteiger partial charge in [0.1, 0.15) is 5.82 Å². The van der Waals surface area contributed by atoms with E-state index in [2.05, 4.69) is 15.4 Å². The zero-order valence-electron chi connectivity index (χ0n) is 15.4. The first-order valence-electron chi connectivity index (χ1n) is 9.38. The highest BCUT2D eigenvalue weighted by molar-refractivity contribution is 5.74. The number of hydrogen-bond acceptors (Lipinski definition) is 4. The van der Waals surface area contributed by atoms with Crippen LogP contribution in [0.1, 0.15) is 18.4 Å². The number of rotatable bonds is 5. The van der Waals surface area contributed by atoms with Crippen molar-refractivity contribution in [1.82, 2.24) is 24.8 Å². The van der Waals surface area contributed by atoms with Gasteiger partial charge < -0.3 is 15.0 Å². The molecule has 1 aromatic carbocycles. The Morgan fingerprint density at radius 2 is 1.96 bits per heavy atom. The zero-order valence-corrected chi connectivity index (χ0v) is 15.4. The Hall–Kier alpha value is -3.16. The second kappa shape index (κ2) is 8.24. The second-order valence-corrected chi connectivity index (χ2v) is 6.93. The van der Waals surface area contributed by atoms with Crippen LogP contribution in [-0.2, 0) is 6.54 Å². The average molecular weight is 383 g/mol. The van der Waals surface area contributed by atoms with Crippen LogP contribution in [0, 0.1) is 11.7 Å². The third-order valence-corrected chi connectivity index (χ3v) is 4.96. The van der Waals surface area contributed by atoms with Crippen LogP contribution in [0.5, 0.6) is 5.88 Å². The van der Waals surface area contributed by atoms with E-state index in [0.29, 0.717) is 38.0 Å². The third kappa shape index (κ3) is 4.39. The first-order chi connectivity index (χ1) is 13.7. The summed E-state index contributed by atoms with van der Waals surface area (Å²) in [5.74, 6) is 0.686. The molecule has 1 aliphatic heterocycles. The summed E-state index contributed by atoms with van der Waals surface area (Å²) in [4.78, 5) is 18.3. The van der Waals surface area contributed by atoms with Crippen LogP contribution >= 0.6 is 0 Å². The maximum absolute atomic E-state index is 12.9. The number of carbonyl (C=O) groups excluding carboxylic acids is 1. The normalized spacial score (nSPS) is 15.0. The van der Waals surface area contributed by atoms with Crippen molar-refractivity contribution in [2.45, 2.75) is 19.4 Å². The van der Waals surface area contributed by atoms with Crippen LogP contribution < -0.4 is 10.1 Å². The van der Waals surface area contributed by atoms with Gasteiger partial charge in [-0.25, -0.2) is 18.7 Å².